The number of hydrogen-bond acceptors (Lipinski definition) is 9. The maximum Gasteiger partial charge on any atom is 0.334 e. The molecule has 10 heteroatoms. The Morgan fingerprint density at radius 1 is 1.34 bits per heavy atom. The molecule has 2 saturated carbocycles. The van der Waals surface area contributed by atoms with Crippen LogP contribution in [-0.2, 0) is 33.3 Å². The SMILES string of the molecule is C=C1C(=O)O[C@H]2[C@H]1[C@H](OC(=O)/C(C)=C/COC(C)=O)C[C@](O)(CCl)[C@@H]1[C@H](O)[C@H]3O[C@@]3(C)[C@H]21. The molecule has 2 saturated heterocycles. The van der Waals surface area contributed by atoms with E-state index < -0.39 is 71.3 Å². The van der Waals surface area contributed by atoms with Gasteiger partial charge in [-0.15, -0.1) is 11.6 Å². The molecule has 0 bridgehead atoms. The molecule has 0 aromatic carbocycles. The fourth-order valence-electron chi connectivity index (χ4n) is 5.66. The highest BCUT2D eigenvalue weighted by Crippen LogP contribution is 2.64. The third kappa shape index (κ3) is 3.46. The van der Waals surface area contributed by atoms with Crippen molar-refractivity contribution in [2.24, 2.45) is 17.8 Å². The van der Waals surface area contributed by atoms with Crippen LogP contribution in [0.5, 0.6) is 0 Å². The zero-order chi connectivity index (χ0) is 23.6. The summed E-state index contributed by atoms with van der Waals surface area (Å²) in [4.78, 5) is 36.1. The summed E-state index contributed by atoms with van der Waals surface area (Å²) in [6.07, 6.45) is -2.00. The van der Waals surface area contributed by atoms with E-state index in [0.717, 1.165) is 0 Å². The van der Waals surface area contributed by atoms with Gasteiger partial charge in [0.05, 0.1) is 23.5 Å². The highest BCUT2D eigenvalue weighted by atomic mass is 35.5. The number of epoxide rings is 1. The van der Waals surface area contributed by atoms with Gasteiger partial charge in [-0.2, -0.15) is 0 Å². The predicted octanol–water partition coefficient (Wildman–Crippen LogP) is 0.643. The largest absolute Gasteiger partial charge is 0.462 e. The molecule has 2 N–H and O–H groups in total. The number of hydrogen-bond donors (Lipinski definition) is 2. The first-order valence-electron chi connectivity index (χ1n) is 10.5. The molecule has 0 amide bonds. The number of halogens is 1. The Labute approximate surface area is 190 Å². The molecule has 32 heavy (non-hydrogen) atoms. The van der Waals surface area contributed by atoms with Gasteiger partial charge < -0.3 is 29.2 Å². The van der Waals surface area contributed by atoms with Crippen LogP contribution in [0.15, 0.2) is 23.8 Å². The third-order valence-corrected chi connectivity index (χ3v) is 7.76. The van der Waals surface area contributed by atoms with Crippen molar-refractivity contribution >= 4 is 29.5 Å². The number of fused-ring (bicyclic) bond motifs is 5. The van der Waals surface area contributed by atoms with Crippen LogP contribution in [0.3, 0.4) is 0 Å². The molecule has 176 valence electrons. The zero-order valence-electron chi connectivity index (χ0n) is 18.1. The number of esters is 3. The smallest absolute Gasteiger partial charge is 0.334 e. The fraction of sp³-hybridized carbons (Fsp3) is 0.682. The molecule has 9 atom stereocenters. The molecule has 2 heterocycles. The van der Waals surface area contributed by atoms with Crippen molar-refractivity contribution in [1.82, 2.24) is 0 Å². The van der Waals surface area contributed by atoms with E-state index in [9.17, 15) is 24.6 Å². The first-order valence-corrected chi connectivity index (χ1v) is 11.0. The molecule has 2 aliphatic carbocycles. The molecule has 0 aromatic rings. The lowest BCUT2D eigenvalue weighted by Gasteiger charge is -2.39. The summed E-state index contributed by atoms with van der Waals surface area (Å²) in [7, 11) is 0. The number of aliphatic hydroxyl groups is 2. The third-order valence-electron chi connectivity index (χ3n) is 7.29. The number of aliphatic hydroxyl groups excluding tert-OH is 1. The van der Waals surface area contributed by atoms with E-state index >= 15 is 0 Å². The summed E-state index contributed by atoms with van der Waals surface area (Å²) < 4.78 is 21.9. The van der Waals surface area contributed by atoms with E-state index in [1.807, 2.05) is 0 Å². The topological polar surface area (TPSA) is 132 Å². The van der Waals surface area contributed by atoms with Crippen LogP contribution >= 0.6 is 11.6 Å². The molecular weight excluding hydrogens is 444 g/mol. The van der Waals surface area contributed by atoms with Crippen molar-refractivity contribution in [2.75, 3.05) is 12.5 Å². The van der Waals surface area contributed by atoms with E-state index in [4.69, 9.17) is 30.5 Å². The lowest BCUT2D eigenvalue weighted by atomic mass is 9.74. The van der Waals surface area contributed by atoms with E-state index in [1.54, 1.807) is 6.92 Å². The Kier molecular flexibility index (Phi) is 5.68. The Balaban J connectivity index is 1.66. The van der Waals surface area contributed by atoms with Crippen LogP contribution in [0.4, 0.5) is 0 Å². The van der Waals surface area contributed by atoms with Gasteiger partial charge in [0.1, 0.15) is 30.5 Å². The van der Waals surface area contributed by atoms with Crippen LogP contribution in [0.25, 0.3) is 0 Å². The van der Waals surface area contributed by atoms with Gasteiger partial charge >= 0.3 is 17.9 Å². The van der Waals surface area contributed by atoms with E-state index in [1.165, 1.54) is 19.9 Å². The van der Waals surface area contributed by atoms with Crippen LogP contribution in [-0.4, -0.2) is 76.2 Å². The summed E-state index contributed by atoms with van der Waals surface area (Å²) in [5, 5.41) is 22.4. The molecule has 4 aliphatic rings. The second-order valence-electron chi connectivity index (χ2n) is 9.26. The summed E-state index contributed by atoms with van der Waals surface area (Å²) in [6, 6.07) is 0. The molecule has 0 aromatic heterocycles. The lowest BCUT2D eigenvalue weighted by Crippen LogP contribution is -2.51. The van der Waals surface area contributed by atoms with Crippen molar-refractivity contribution < 1.29 is 43.5 Å². The van der Waals surface area contributed by atoms with Crippen molar-refractivity contribution in [3.05, 3.63) is 23.8 Å². The number of alkyl halides is 1. The predicted molar refractivity (Wildman–Crippen MR) is 109 cm³/mol. The zero-order valence-corrected chi connectivity index (χ0v) is 18.8. The Hall–Kier alpha value is -1.94. The second-order valence-corrected chi connectivity index (χ2v) is 9.53. The highest BCUT2D eigenvalue weighted by Gasteiger charge is 2.78. The van der Waals surface area contributed by atoms with Gasteiger partial charge in [0.15, 0.2) is 0 Å². The van der Waals surface area contributed by atoms with Gasteiger partial charge in [-0.05, 0) is 19.9 Å². The Morgan fingerprint density at radius 3 is 2.66 bits per heavy atom. The molecule has 0 spiro atoms. The number of carbonyl (C=O) groups is 3. The second kappa shape index (κ2) is 7.83. The summed E-state index contributed by atoms with van der Waals surface area (Å²) in [6.45, 7) is 8.31. The van der Waals surface area contributed by atoms with Gasteiger partial charge in [0.2, 0.25) is 0 Å². The van der Waals surface area contributed by atoms with Crippen LogP contribution in [0, 0.1) is 17.8 Å². The summed E-state index contributed by atoms with van der Waals surface area (Å²) >= 11 is 6.19. The number of rotatable bonds is 5. The average Bonchev–Trinajstić information content (AvgIpc) is 3.28. The van der Waals surface area contributed by atoms with Crippen molar-refractivity contribution in [1.29, 1.82) is 0 Å². The molecule has 4 fully saturated rings. The molecule has 0 radical (unpaired) electrons. The standard InChI is InChI=1S/C22H27ClO9/c1-9(5-6-29-11(3)24)19(26)30-12-7-22(28,8-23)14-15(21(4)18(32-21)16(14)25)17-13(12)10(2)20(27)31-17/h5,12-18,25,28H,2,6-8H2,1,3-4H3/b9-5+/t12-,13-,14+,15+,16+,17+,18-,21+,22+/m1/s1. The average molecular weight is 471 g/mol. The van der Waals surface area contributed by atoms with E-state index in [2.05, 4.69) is 6.58 Å². The minimum atomic E-state index is -1.59. The van der Waals surface area contributed by atoms with Crippen molar-refractivity contribution in [3.8, 4) is 0 Å². The van der Waals surface area contributed by atoms with Gasteiger partial charge in [0.25, 0.3) is 0 Å². The number of ether oxygens (including phenoxy) is 4. The maximum absolute atomic E-state index is 12.7. The first kappa shape index (κ1) is 23.2. The van der Waals surface area contributed by atoms with Crippen LogP contribution < -0.4 is 0 Å². The van der Waals surface area contributed by atoms with Crippen LogP contribution in [0.1, 0.15) is 27.2 Å². The molecule has 4 rings (SSSR count). The Bertz CT molecular complexity index is 900. The number of carbonyl (C=O) groups excluding carboxylic acids is 3. The van der Waals surface area contributed by atoms with Crippen LogP contribution in [0.2, 0.25) is 0 Å². The van der Waals surface area contributed by atoms with Crippen molar-refractivity contribution in [3.63, 3.8) is 0 Å². The first-order chi connectivity index (χ1) is 14.9. The molecular formula is C22H27ClO9. The normalized spacial score (nSPS) is 44.7. The molecule has 0 unspecified atom stereocenters. The van der Waals surface area contributed by atoms with Gasteiger partial charge in [0, 0.05) is 36.3 Å². The van der Waals surface area contributed by atoms with Gasteiger partial charge in [-0.3, -0.25) is 4.79 Å². The monoisotopic (exact) mass is 470 g/mol. The quantitative estimate of drug-likeness (QED) is 0.195. The summed E-state index contributed by atoms with van der Waals surface area (Å²) in [5.41, 5.74) is -2.07. The highest BCUT2D eigenvalue weighted by molar-refractivity contribution is 6.18. The minimum absolute atomic E-state index is 0.0969. The fourth-order valence-corrected chi connectivity index (χ4v) is 5.95. The van der Waals surface area contributed by atoms with Crippen molar-refractivity contribution in [2.45, 2.75) is 62.8 Å². The lowest BCUT2D eigenvalue weighted by molar-refractivity contribution is -0.152. The summed E-state index contributed by atoms with van der Waals surface area (Å²) in [5.74, 6) is -4.04. The molecule has 9 nitrogen and oxygen atoms in total. The van der Waals surface area contributed by atoms with Gasteiger partial charge in [-0.25, -0.2) is 9.59 Å². The van der Waals surface area contributed by atoms with E-state index in [0.29, 0.717) is 0 Å². The molecule has 2 aliphatic heterocycles. The van der Waals surface area contributed by atoms with E-state index in [-0.39, 0.29) is 30.1 Å². The maximum atomic E-state index is 12.7. The van der Waals surface area contributed by atoms with Gasteiger partial charge in [-0.1, -0.05) is 6.58 Å². The minimum Gasteiger partial charge on any atom is -0.462 e. The Morgan fingerprint density at radius 2 is 2.03 bits per heavy atom.